The Bertz CT molecular complexity index is 1300. The summed E-state index contributed by atoms with van der Waals surface area (Å²) in [5.41, 5.74) is -0.982. The van der Waals surface area contributed by atoms with Gasteiger partial charge in [0.15, 0.2) is 0 Å². The van der Waals surface area contributed by atoms with Crippen molar-refractivity contribution < 1.29 is 49.3 Å². The lowest BCUT2D eigenvalue weighted by molar-refractivity contribution is -0.297. The van der Waals surface area contributed by atoms with E-state index in [2.05, 4.69) is 40.7 Å². The third-order valence-corrected chi connectivity index (χ3v) is 15.5. The second-order valence-corrected chi connectivity index (χ2v) is 17.7. The molecule has 1 saturated heterocycles. The van der Waals surface area contributed by atoms with Gasteiger partial charge in [0.05, 0.1) is 30.7 Å². The summed E-state index contributed by atoms with van der Waals surface area (Å²) >= 11 is 0. The molecule has 14 unspecified atom stereocenters. The van der Waals surface area contributed by atoms with Crippen molar-refractivity contribution in [2.45, 2.75) is 143 Å². The van der Waals surface area contributed by atoms with Crippen LogP contribution in [0.3, 0.4) is 0 Å². The molecule has 6 aliphatic rings. The van der Waals surface area contributed by atoms with Crippen LogP contribution in [0.5, 0.6) is 0 Å². The van der Waals surface area contributed by atoms with Crippen LogP contribution in [0.2, 0.25) is 0 Å². The first kappa shape index (κ1) is 35.3. The molecule has 266 valence electrons. The second-order valence-electron chi connectivity index (χ2n) is 17.7. The Labute approximate surface area is 279 Å². The van der Waals surface area contributed by atoms with Crippen LogP contribution in [-0.2, 0) is 23.8 Å². The summed E-state index contributed by atoms with van der Waals surface area (Å²) < 4.78 is 16.8. The van der Waals surface area contributed by atoms with Crippen LogP contribution in [0.15, 0.2) is 11.6 Å². The molecule has 5 aliphatic carbocycles. The number of hydrogen-bond donors (Lipinski definition) is 5. The lowest BCUT2D eigenvalue weighted by atomic mass is 9.33. The monoisotopic (exact) mass is 662 g/mol. The molecule has 1 aliphatic heterocycles. The van der Waals surface area contributed by atoms with Crippen LogP contribution in [0, 0.1) is 50.2 Å². The summed E-state index contributed by atoms with van der Waals surface area (Å²) in [5, 5.41) is 52.2. The average Bonchev–Trinajstić information content (AvgIpc) is 3.03. The second kappa shape index (κ2) is 11.5. The number of allylic oxidation sites excluding steroid dienone is 2. The first-order valence-electron chi connectivity index (χ1n) is 17.8. The molecule has 10 nitrogen and oxygen atoms in total. The van der Waals surface area contributed by atoms with Crippen LogP contribution < -0.4 is 0 Å². The predicted octanol–water partition coefficient (Wildman–Crippen LogP) is 3.65. The van der Waals surface area contributed by atoms with Crippen LogP contribution >= 0.6 is 0 Å². The Kier molecular flexibility index (Phi) is 8.62. The lowest BCUT2D eigenvalue weighted by Gasteiger charge is -2.71. The van der Waals surface area contributed by atoms with Gasteiger partial charge in [-0.2, -0.15) is 0 Å². The Hall–Kier alpha value is -1.56. The van der Waals surface area contributed by atoms with Crippen molar-refractivity contribution in [2.24, 2.45) is 50.2 Å². The number of hydrogen-bond acceptors (Lipinski definition) is 10. The van der Waals surface area contributed by atoms with E-state index in [-0.39, 0.29) is 39.7 Å². The number of ether oxygens (including phenoxy) is 3. The number of fused-ring (bicyclic) bond motifs is 7. The summed E-state index contributed by atoms with van der Waals surface area (Å²) in [5.74, 6) is -0.350. The maximum Gasteiger partial charge on any atom is 0.315 e. The molecule has 0 spiro atoms. The van der Waals surface area contributed by atoms with E-state index in [1.807, 2.05) is 6.92 Å². The van der Waals surface area contributed by atoms with Crippen molar-refractivity contribution in [3.8, 4) is 0 Å². The van der Waals surface area contributed by atoms with Crippen molar-refractivity contribution in [3.05, 3.63) is 11.6 Å². The number of aliphatic hydroxyl groups excluding tert-OH is 5. The largest absolute Gasteiger partial charge is 0.469 e. The van der Waals surface area contributed by atoms with Crippen molar-refractivity contribution in [3.63, 3.8) is 0 Å². The highest BCUT2D eigenvalue weighted by atomic mass is 16.7. The maximum atomic E-state index is 14.5. The van der Waals surface area contributed by atoms with Gasteiger partial charge in [-0.15, -0.1) is 0 Å². The first-order valence-corrected chi connectivity index (χ1v) is 17.8. The third kappa shape index (κ3) is 4.78. The van der Waals surface area contributed by atoms with E-state index in [1.165, 1.54) is 12.7 Å². The number of aliphatic hydroxyl groups is 5. The molecule has 0 radical (unpaired) electrons. The van der Waals surface area contributed by atoms with Crippen LogP contribution in [0.25, 0.3) is 0 Å². The Balaban J connectivity index is 1.39. The highest BCUT2D eigenvalue weighted by Gasteiger charge is 2.70. The highest BCUT2D eigenvalue weighted by molar-refractivity contribution is 5.81. The molecular weight excluding hydrogens is 604 g/mol. The minimum absolute atomic E-state index is 0.0600. The van der Waals surface area contributed by atoms with Gasteiger partial charge in [-0.3, -0.25) is 9.59 Å². The van der Waals surface area contributed by atoms with Crippen LogP contribution in [-0.4, -0.2) is 88.0 Å². The van der Waals surface area contributed by atoms with Gasteiger partial charge < -0.3 is 39.7 Å². The van der Waals surface area contributed by atoms with E-state index in [1.54, 1.807) is 0 Å². The van der Waals surface area contributed by atoms with E-state index < -0.39 is 54.1 Å². The minimum Gasteiger partial charge on any atom is -0.469 e. The number of carbonyl (C=O) groups is 2. The molecule has 47 heavy (non-hydrogen) atoms. The molecule has 10 heteroatoms. The molecule has 5 N–H and O–H groups in total. The standard InChI is InChI=1S/C37H58O10/c1-32(2)23-10-13-36(6)24(34(23,4)12-11-25(32)39)9-8-20-21-18-33(3,30(43)45-7)14-16-37(21,17-15-35(20,36)5)31(44)47-29-28(42)27(41)26(40)22(19-38)46-29/h8,21-29,38-42H,9-19H2,1-7H3. The molecule has 0 amide bonds. The predicted molar refractivity (Wildman–Crippen MR) is 171 cm³/mol. The zero-order chi connectivity index (χ0) is 34.5. The number of carbonyl (C=O) groups excluding carboxylic acids is 2. The fraction of sp³-hybridized carbons (Fsp3) is 0.892. The van der Waals surface area contributed by atoms with Gasteiger partial charge in [-0.1, -0.05) is 46.3 Å². The third-order valence-electron chi connectivity index (χ3n) is 15.5. The van der Waals surface area contributed by atoms with Gasteiger partial charge in [0, 0.05) is 0 Å². The summed E-state index contributed by atoms with van der Waals surface area (Å²) in [7, 11) is 1.40. The molecule has 0 bridgehead atoms. The Morgan fingerprint density at radius 1 is 0.851 bits per heavy atom. The highest BCUT2D eigenvalue weighted by Crippen LogP contribution is 2.76. The molecule has 6 rings (SSSR count). The molecule has 0 aromatic heterocycles. The quantitative estimate of drug-likeness (QED) is 0.222. The number of esters is 2. The smallest absolute Gasteiger partial charge is 0.315 e. The van der Waals surface area contributed by atoms with Gasteiger partial charge in [-0.25, -0.2) is 0 Å². The molecule has 14 atom stereocenters. The van der Waals surface area contributed by atoms with E-state index in [9.17, 15) is 35.1 Å². The van der Waals surface area contributed by atoms with E-state index in [4.69, 9.17) is 14.2 Å². The summed E-state index contributed by atoms with van der Waals surface area (Å²) in [6, 6.07) is 0. The molecular formula is C37H58O10. The molecule has 5 fully saturated rings. The van der Waals surface area contributed by atoms with Gasteiger partial charge in [0.25, 0.3) is 0 Å². The lowest BCUT2D eigenvalue weighted by Crippen LogP contribution is -2.65. The normalized spacial score (nSPS) is 52.1. The Morgan fingerprint density at radius 3 is 2.19 bits per heavy atom. The van der Waals surface area contributed by atoms with Crippen molar-refractivity contribution in [1.82, 2.24) is 0 Å². The van der Waals surface area contributed by atoms with Gasteiger partial charge in [0.2, 0.25) is 6.29 Å². The summed E-state index contributed by atoms with van der Waals surface area (Å²) in [4.78, 5) is 27.7. The van der Waals surface area contributed by atoms with E-state index in [0.717, 1.165) is 38.5 Å². The molecule has 0 aromatic rings. The van der Waals surface area contributed by atoms with Crippen molar-refractivity contribution >= 4 is 11.9 Å². The molecule has 0 aromatic carbocycles. The average molecular weight is 663 g/mol. The Morgan fingerprint density at radius 2 is 1.53 bits per heavy atom. The fourth-order valence-corrected chi connectivity index (χ4v) is 12.3. The molecule has 1 heterocycles. The zero-order valence-corrected chi connectivity index (χ0v) is 29.3. The van der Waals surface area contributed by atoms with E-state index in [0.29, 0.717) is 37.5 Å². The first-order chi connectivity index (χ1) is 21.9. The van der Waals surface area contributed by atoms with Gasteiger partial charge in [0.1, 0.15) is 24.4 Å². The molecule has 4 saturated carbocycles. The number of rotatable bonds is 4. The minimum atomic E-state index is -1.69. The topological polar surface area (TPSA) is 163 Å². The van der Waals surface area contributed by atoms with Crippen LogP contribution in [0.1, 0.15) is 106 Å². The van der Waals surface area contributed by atoms with Gasteiger partial charge in [-0.05, 0) is 111 Å². The fourth-order valence-electron chi connectivity index (χ4n) is 12.3. The summed E-state index contributed by atoms with van der Waals surface area (Å²) in [6.07, 6.45) is 1.65. The zero-order valence-electron chi connectivity index (χ0n) is 29.3. The SMILES string of the molecule is COC(=O)C1(C)CCC2(C(=O)OC3OC(CO)C(O)C(O)C3O)CCC3(C)C(=CCC4C5(C)CCC(O)C(C)(C)C5CCC43C)C2C1. The van der Waals surface area contributed by atoms with E-state index >= 15 is 0 Å². The van der Waals surface area contributed by atoms with Crippen molar-refractivity contribution in [1.29, 1.82) is 0 Å². The number of methoxy groups -OCH3 is 1. The van der Waals surface area contributed by atoms with Crippen molar-refractivity contribution in [2.75, 3.05) is 13.7 Å². The van der Waals surface area contributed by atoms with Gasteiger partial charge >= 0.3 is 11.9 Å². The van der Waals surface area contributed by atoms with Crippen LogP contribution in [0.4, 0.5) is 0 Å². The maximum absolute atomic E-state index is 14.5. The summed E-state index contributed by atoms with van der Waals surface area (Å²) in [6.45, 7) is 13.0.